The van der Waals surface area contributed by atoms with Gasteiger partial charge in [0.1, 0.15) is 5.75 Å². The number of fused-ring (bicyclic) bond motifs is 1. The summed E-state index contributed by atoms with van der Waals surface area (Å²) in [5.74, 6) is 0.706. The second-order valence-corrected chi connectivity index (χ2v) is 7.13. The van der Waals surface area contributed by atoms with Gasteiger partial charge in [-0.25, -0.2) is 0 Å². The number of carbonyl (C=O) groups excluding carboxylic acids is 1. The predicted molar refractivity (Wildman–Crippen MR) is 104 cm³/mol. The topological polar surface area (TPSA) is 45.3 Å². The number of aromatic amines is 1. The van der Waals surface area contributed by atoms with Gasteiger partial charge in [0.05, 0.1) is 0 Å². The van der Waals surface area contributed by atoms with E-state index in [-0.39, 0.29) is 18.6 Å². The number of likely N-dealkylation sites (tertiary alicyclic amines) is 1. The fraction of sp³-hybridized carbons (Fsp3) is 0.286. The lowest BCUT2D eigenvalue weighted by atomic mass is 10.0. The Bertz CT molecular complexity index is 904. The van der Waals surface area contributed by atoms with E-state index in [9.17, 15) is 4.79 Å². The van der Waals surface area contributed by atoms with Crippen LogP contribution in [-0.4, -0.2) is 35.0 Å². The zero-order valence-electron chi connectivity index (χ0n) is 14.5. The lowest BCUT2D eigenvalue weighted by molar-refractivity contribution is -0.134. The van der Waals surface area contributed by atoms with E-state index >= 15 is 0 Å². The first-order valence-corrected chi connectivity index (χ1v) is 9.31. The molecule has 1 unspecified atom stereocenters. The number of para-hydroxylation sites is 1. The summed E-state index contributed by atoms with van der Waals surface area (Å²) in [6.07, 6.45) is 5.01. The molecule has 5 heteroatoms. The van der Waals surface area contributed by atoms with Crippen LogP contribution in [0.3, 0.4) is 0 Å². The normalized spacial score (nSPS) is 17.0. The summed E-state index contributed by atoms with van der Waals surface area (Å²) in [6, 6.07) is 15.6. The van der Waals surface area contributed by atoms with Crippen LogP contribution in [0.5, 0.6) is 5.75 Å². The molecule has 134 valence electrons. The molecule has 0 aliphatic carbocycles. The summed E-state index contributed by atoms with van der Waals surface area (Å²) in [5.41, 5.74) is 2.41. The minimum absolute atomic E-state index is 0.0438. The second kappa shape index (κ2) is 7.42. The van der Waals surface area contributed by atoms with Crippen LogP contribution in [0.15, 0.2) is 54.7 Å². The van der Waals surface area contributed by atoms with Gasteiger partial charge in [-0.1, -0.05) is 29.8 Å². The van der Waals surface area contributed by atoms with Crippen LogP contribution < -0.4 is 4.74 Å². The van der Waals surface area contributed by atoms with E-state index in [2.05, 4.69) is 29.4 Å². The van der Waals surface area contributed by atoms with Crippen molar-refractivity contribution in [2.75, 3.05) is 13.2 Å². The van der Waals surface area contributed by atoms with Crippen LogP contribution in [0.4, 0.5) is 0 Å². The Kier molecular flexibility index (Phi) is 4.85. The Balaban J connectivity index is 1.41. The summed E-state index contributed by atoms with van der Waals surface area (Å²) in [6.45, 7) is 0.863. The molecule has 2 aromatic carbocycles. The van der Waals surface area contributed by atoms with E-state index in [1.54, 1.807) is 24.3 Å². The number of halogens is 1. The number of amides is 1. The van der Waals surface area contributed by atoms with E-state index in [0.29, 0.717) is 10.8 Å². The van der Waals surface area contributed by atoms with Crippen LogP contribution >= 0.6 is 11.6 Å². The third kappa shape index (κ3) is 3.56. The fourth-order valence-corrected chi connectivity index (χ4v) is 3.82. The number of carbonyl (C=O) groups is 1. The van der Waals surface area contributed by atoms with Gasteiger partial charge in [-0.2, -0.15) is 0 Å². The van der Waals surface area contributed by atoms with Crippen molar-refractivity contribution in [3.63, 3.8) is 0 Å². The van der Waals surface area contributed by atoms with E-state index < -0.39 is 0 Å². The first-order chi connectivity index (χ1) is 12.7. The van der Waals surface area contributed by atoms with Gasteiger partial charge in [-0.15, -0.1) is 0 Å². The van der Waals surface area contributed by atoms with Crippen LogP contribution in [0.1, 0.15) is 18.4 Å². The van der Waals surface area contributed by atoms with Crippen molar-refractivity contribution in [2.45, 2.75) is 25.3 Å². The van der Waals surface area contributed by atoms with Crippen LogP contribution in [0, 0.1) is 0 Å². The first kappa shape index (κ1) is 17.0. The molecule has 0 spiro atoms. The fourth-order valence-electron chi connectivity index (χ4n) is 3.69. The number of hydrogen-bond donors (Lipinski definition) is 1. The molecule has 1 atom stereocenters. The quantitative estimate of drug-likeness (QED) is 0.723. The molecule has 1 saturated heterocycles. The number of H-pyrrole nitrogens is 1. The molecule has 1 amide bonds. The predicted octanol–water partition coefficient (Wildman–Crippen LogP) is 4.43. The van der Waals surface area contributed by atoms with Gasteiger partial charge < -0.3 is 14.6 Å². The second-order valence-electron chi connectivity index (χ2n) is 6.69. The van der Waals surface area contributed by atoms with E-state index in [4.69, 9.17) is 16.3 Å². The van der Waals surface area contributed by atoms with Crippen molar-refractivity contribution in [2.24, 2.45) is 0 Å². The molecule has 1 aliphatic rings. The molecule has 1 N–H and O–H groups in total. The Morgan fingerprint density at radius 2 is 2.00 bits per heavy atom. The summed E-state index contributed by atoms with van der Waals surface area (Å²) >= 11 is 5.87. The Hall–Kier alpha value is -2.46. The molecular formula is C21H21ClN2O2. The third-order valence-electron chi connectivity index (χ3n) is 5.00. The average molecular weight is 369 g/mol. The number of rotatable bonds is 5. The minimum atomic E-state index is 0.0438. The van der Waals surface area contributed by atoms with Gasteiger partial charge >= 0.3 is 0 Å². The molecule has 4 rings (SSSR count). The van der Waals surface area contributed by atoms with Gasteiger partial charge in [0, 0.05) is 34.7 Å². The summed E-state index contributed by atoms with van der Waals surface area (Å²) in [4.78, 5) is 17.9. The van der Waals surface area contributed by atoms with Gasteiger partial charge in [0.25, 0.3) is 5.91 Å². The monoisotopic (exact) mass is 368 g/mol. The summed E-state index contributed by atoms with van der Waals surface area (Å²) < 4.78 is 5.63. The molecule has 1 fully saturated rings. The number of ether oxygens (including phenoxy) is 1. The first-order valence-electron chi connectivity index (χ1n) is 8.93. The minimum Gasteiger partial charge on any atom is -0.484 e. The molecule has 0 bridgehead atoms. The highest BCUT2D eigenvalue weighted by atomic mass is 35.5. The number of aromatic nitrogens is 1. The molecule has 0 radical (unpaired) electrons. The van der Waals surface area contributed by atoms with E-state index in [1.165, 1.54) is 10.9 Å². The average Bonchev–Trinajstić information content (AvgIpc) is 3.29. The van der Waals surface area contributed by atoms with Crippen molar-refractivity contribution in [1.29, 1.82) is 0 Å². The van der Waals surface area contributed by atoms with E-state index in [1.807, 2.05) is 11.0 Å². The van der Waals surface area contributed by atoms with Crippen molar-refractivity contribution >= 4 is 28.4 Å². The number of hydrogen-bond acceptors (Lipinski definition) is 2. The number of nitrogens with one attached hydrogen (secondary N) is 1. The Labute approximate surface area is 157 Å². The highest BCUT2D eigenvalue weighted by Crippen LogP contribution is 2.26. The summed E-state index contributed by atoms with van der Waals surface area (Å²) in [7, 11) is 0. The van der Waals surface area contributed by atoms with Gasteiger partial charge in [-0.3, -0.25) is 4.79 Å². The Morgan fingerprint density at radius 3 is 2.85 bits per heavy atom. The lowest BCUT2D eigenvalue weighted by Crippen LogP contribution is -2.39. The van der Waals surface area contributed by atoms with Crippen molar-refractivity contribution in [3.8, 4) is 5.75 Å². The Morgan fingerprint density at radius 1 is 1.19 bits per heavy atom. The zero-order chi connectivity index (χ0) is 17.9. The van der Waals surface area contributed by atoms with Crippen LogP contribution in [0.2, 0.25) is 5.02 Å². The number of benzene rings is 2. The van der Waals surface area contributed by atoms with Crippen LogP contribution in [-0.2, 0) is 11.2 Å². The molecule has 1 aromatic heterocycles. The maximum Gasteiger partial charge on any atom is 0.260 e. The largest absolute Gasteiger partial charge is 0.484 e. The molecule has 2 heterocycles. The SMILES string of the molecule is O=C(COc1ccc(Cl)cc1)N1CCCC1Cc1c[nH]c2ccccc12. The van der Waals surface area contributed by atoms with Crippen molar-refractivity contribution in [1.82, 2.24) is 9.88 Å². The molecule has 26 heavy (non-hydrogen) atoms. The molecule has 0 saturated carbocycles. The molecule has 4 nitrogen and oxygen atoms in total. The standard InChI is InChI=1S/C21H21ClN2O2/c22-16-7-9-18(10-8-16)26-14-21(25)24-11-3-4-17(24)12-15-13-23-20-6-2-1-5-19(15)20/h1-2,5-10,13,17,23H,3-4,11-12,14H2. The van der Waals surface area contributed by atoms with Gasteiger partial charge in [0.2, 0.25) is 0 Å². The van der Waals surface area contributed by atoms with Gasteiger partial charge in [0.15, 0.2) is 6.61 Å². The zero-order valence-corrected chi connectivity index (χ0v) is 15.2. The molecule has 1 aliphatic heterocycles. The lowest BCUT2D eigenvalue weighted by Gasteiger charge is -2.24. The van der Waals surface area contributed by atoms with Crippen molar-refractivity contribution in [3.05, 3.63) is 65.3 Å². The van der Waals surface area contributed by atoms with Crippen molar-refractivity contribution < 1.29 is 9.53 Å². The highest BCUT2D eigenvalue weighted by Gasteiger charge is 2.29. The van der Waals surface area contributed by atoms with Gasteiger partial charge in [-0.05, 0) is 55.2 Å². The van der Waals surface area contributed by atoms with Crippen LogP contribution in [0.25, 0.3) is 10.9 Å². The number of nitrogens with zero attached hydrogens (tertiary/aromatic N) is 1. The molecular weight excluding hydrogens is 348 g/mol. The third-order valence-corrected chi connectivity index (χ3v) is 5.26. The maximum absolute atomic E-state index is 12.7. The summed E-state index contributed by atoms with van der Waals surface area (Å²) in [5, 5.41) is 1.89. The smallest absolute Gasteiger partial charge is 0.260 e. The highest BCUT2D eigenvalue weighted by molar-refractivity contribution is 6.30. The van der Waals surface area contributed by atoms with E-state index in [0.717, 1.165) is 31.3 Å². The molecule has 3 aromatic rings. The maximum atomic E-state index is 12.7.